The molecule has 3 heterocycles. The number of nitrogens with one attached hydrogen (secondary N) is 1. The summed E-state index contributed by atoms with van der Waals surface area (Å²) in [6.07, 6.45) is -0.323. The maximum absolute atomic E-state index is 13.3. The molecule has 0 aliphatic carbocycles. The Bertz CT molecular complexity index is 1270. The molecule has 0 unspecified atom stereocenters. The van der Waals surface area contributed by atoms with Crippen LogP contribution in [0.1, 0.15) is 16.1 Å². The van der Waals surface area contributed by atoms with Crippen molar-refractivity contribution in [2.45, 2.75) is 13.0 Å². The zero-order valence-corrected chi connectivity index (χ0v) is 16.6. The van der Waals surface area contributed by atoms with E-state index < -0.39 is 0 Å². The zero-order chi connectivity index (χ0) is 21.4. The summed E-state index contributed by atoms with van der Waals surface area (Å²) in [5.74, 6) is 0.664. The molecule has 1 aliphatic rings. The fourth-order valence-corrected chi connectivity index (χ4v) is 3.51. The van der Waals surface area contributed by atoms with E-state index in [9.17, 15) is 9.18 Å². The van der Waals surface area contributed by atoms with Crippen molar-refractivity contribution < 1.29 is 23.2 Å². The summed E-state index contributed by atoms with van der Waals surface area (Å²) in [6, 6.07) is 14.9. The van der Waals surface area contributed by atoms with Gasteiger partial charge < -0.3 is 19.3 Å². The molecule has 0 saturated heterocycles. The highest BCUT2D eigenvalue weighted by Gasteiger charge is 2.23. The Kier molecular flexibility index (Phi) is 4.74. The number of ether oxygens (including phenoxy) is 2. The molecule has 4 aromatic rings. The third kappa shape index (κ3) is 3.68. The topological polar surface area (TPSA) is 86.5 Å². The van der Waals surface area contributed by atoms with Gasteiger partial charge in [-0.15, -0.1) is 0 Å². The van der Waals surface area contributed by atoms with Crippen LogP contribution in [-0.2, 0) is 0 Å². The fraction of sp³-hybridized carbons (Fsp3) is 0.174. The Hall–Kier alpha value is -3.94. The first kappa shape index (κ1) is 19.0. The lowest BCUT2D eigenvalue weighted by atomic mass is 10.0. The van der Waals surface area contributed by atoms with E-state index in [0.717, 1.165) is 0 Å². The molecule has 31 heavy (non-hydrogen) atoms. The molecular formula is C23H18FN3O4. The first-order chi connectivity index (χ1) is 15.1. The van der Waals surface area contributed by atoms with E-state index in [4.69, 9.17) is 14.0 Å². The number of rotatable bonds is 4. The lowest BCUT2D eigenvalue weighted by molar-refractivity contribution is 0.0790. The predicted molar refractivity (Wildman–Crippen MR) is 111 cm³/mol. The predicted octanol–water partition coefficient (Wildman–Crippen LogP) is 3.91. The molecule has 0 fully saturated rings. The van der Waals surface area contributed by atoms with Crippen LogP contribution in [0.5, 0.6) is 11.5 Å². The number of halogens is 1. The number of amides is 1. The summed E-state index contributed by atoms with van der Waals surface area (Å²) in [4.78, 5) is 17.5. The minimum Gasteiger partial charge on any atom is -0.486 e. The van der Waals surface area contributed by atoms with Gasteiger partial charge in [-0.25, -0.2) is 9.37 Å². The summed E-state index contributed by atoms with van der Waals surface area (Å²) >= 11 is 0. The minimum atomic E-state index is -0.352. The molecule has 1 aliphatic heterocycles. The van der Waals surface area contributed by atoms with Gasteiger partial charge in [0.1, 0.15) is 18.5 Å². The van der Waals surface area contributed by atoms with Crippen LogP contribution in [0.4, 0.5) is 4.39 Å². The van der Waals surface area contributed by atoms with Gasteiger partial charge in [0.05, 0.1) is 28.9 Å². The van der Waals surface area contributed by atoms with Gasteiger partial charge >= 0.3 is 0 Å². The second-order valence-electron chi connectivity index (χ2n) is 7.22. The lowest BCUT2D eigenvalue weighted by Gasteiger charge is -2.26. The monoisotopic (exact) mass is 419 g/mol. The number of fused-ring (bicyclic) bond motifs is 2. The van der Waals surface area contributed by atoms with Gasteiger partial charge in [0.15, 0.2) is 11.5 Å². The Morgan fingerprint density at radius 2 is 1.94 bits per heavy atom. The van der Waals surface area contributed by atoms with Gasteiger partial charge in [0.25, 0.3) is 11.6 Å². The molecule has 0 bridgehead atoms. The molecule has 0 spiro atoms. The van der Waals surface area contributed by atoms with E-state index in [1.807, 2.05) is 24.3 Å². The number of benzene rings is 2. The summed E-state index contributed by atoms with van der Waals surface area (Å²) in [5, 5.41) is 7.37. The van der Waals surface area contributed by atoms with Crippen molar-refractivity contribution in [3.63, 3.8) is 0 Å². The van der Waals surface area contributed by atoms with Crippen LogP contribution in [0.2, 0.25) is 0 Å². The van der Waals surface area contributed by atoms with Crippen LogP contribution >= 0.6 is 0 Å². The Morgan fingerprint density at radius 3 is 2.74 bits per heavy atom. The molecule has 2 aromatic carbocycles. The van der Waals surface area contributed by atoms with Crippen molar-refractivity contribution in [3.8, 4) is 22.8 Å². The van der Waals surface area contributed by atoms with Gasteiger partial charge in [-0.3, -0.25) is 4.79 Å². The van der Waals surface area contributed by atoms with Gasteiger partial charge in [0.2, 0.25) is 0 Å². The van der Waals surface area contributed by atoms with Crippen molar-refractivity contribution in [2.24, 2.45) is 0 Å². The molecule has 0 radical (unpaired) electrons. The second-order valence-corrected chi connectivity index (χ2v) is 7.22. The van der Waals surface area contributed by atoms with Gasteiger partial charge in [-0.05, 0) is 49.4 Å². The van der Waals surface area contributed by atoms with E-state index in [1.165, 1.54) is 12.1 Å². The largest absolute Gasteiger partial charge is 0.486 e. The Balaban J connectivity index is 1.40. The fourth-order valence-electron chi connectivity index (χ4n) is 3.51. The normalized spacial score (nSPS) is 15.1. The maximum Gasteiger partial charge on any atom is 0.259 e. The van der Waals surface area contributed by atoms with Crippen LogP contribution in [0.3, 0.4) is 0 Å². The standard InChI is InChI=1S/C23H18FN3O4/c1-13-21-17(10-18(26-23(21)31-27-13)14-6-8-15(24)9-7-14)22(28)25-11-16-12-29-19-4-2-3-5-20(19)30-16/h2-10,16H,11-12H2,1H3,(H,25,28)/t16-/m0/s1. The van der Waals surface area contributed by atoms with Crippen LogP contribution in [0.15, 0.2) is 59.1 Å². The number of carbonyl (C=O) groups excluding carboxylic acids is 1. The van der Waals surface area contributed by atoms with Crippen molar-refractivity contribution in [3.05, 3.63) is 71.7 Å². The van der Waals surface area contributed by atoms with E-state index in [2.05, 4.69) is 15.5 Å². The summed E-state index contributed by atoms with van der Waals surface area (Å²) < 4.78 is 30.2. The van der Waals surface area contributed by atoms with E-state index in [0.29, 0.717) is 46.0 Å². The summed E-state index contributed by atoms with van der Waals surface area (Å²) in [5.41, 5.74) is 2.33. The van der Waals surface area contributed by atoms with Crippen LogP contribution in [0.25, 0.3) is 22.4 Å². The van der Waals surface area contributed by atoms with Crippen LogP contribution in [-0.4, -0.2) is 35.3 Å². The SMILES string of the molecule is Cc1noc2nc(-c3ccc(F)cc3)cc(C(=O)NC[C@H]3COc4ccccc4O3)c12. The highest BCUT2D eigenvalue weighted by molar-refractivity contribution is 6.07. The van der Waals surface area contributed by atoms with Crippen molar-refractivity contribution in [2.75, 3.05) is 13.2 Å². The first-order valence-corrected chi connectivity index (χ1v) is 9.78. The molecular weight excluding hydrogens is 401 g/mol. The molecule has 1 amide bonds. The molecule has 7 nitrogen and oxygen atoms in total. The van der Waals surface area contributed by atoms with E-state index in [-0.39, 0.29) is 30.1 Å². The molecule has 0 saturated carbocycles. The Labute approximate surface area is 176 Å². The summed E-state index contributed by atoms with van der Waals surface area (Å²) in [6.45, 7) is 2.33. The third-order valence-corrected chi connectivity index (χ3v) is 5.06. The van der Waals surface area contributed by atoms with Gasteiger partial charge in [-0.1, -0.05) is 17.3 Å². The van der Waals surface area contributed by atoms with Crippen molar-refractivity contribution >= 4 is 17.0 Å². The van der Waals surface area contributed by atoms with E-state index >= 15 is 0 Å². The van der Waals surface area contributed by atoms with Gasteiger partial charge in [-0.2, -0.15) is 0 Å². The number of aryl methyl sites for hydroxylation is 1. The second kappa shape index (κ2) is 7.71. The average molecular weight is 419 g/mol. The number of hydrogen-bond acceptors (Lipinski definition) is 6. The number of carbonyl (C=O) groups is 1. The molecule has 156 valence electrons. The lowest BCUT2D eigenvalue weighted by Crippen LogP contribution is -2.40. The number of aromatic nitrogens is 2. The van der Waals surface area contributed by atoms with Gasteiger partial charge in [0, 0.05) is 5.56 Å². The molecule has 8 heteroatoms. The summed E-state index contributed by atoms with van der Waals surface area (Å²) in [7, 11) is 0. The highest BCUT2D eigenvalue weighted by Crippen LogP contribution is 2.31. The third-order valence-electron chi connectivity index (χ3n) is 5.06. The van der Waals surface area contributed by atoms with Crippen LogP contribution in [0, 0.1) is 12.7 Å². The number of para-hydroxylation sites is 2. The molecule has 5 rings (SSSR count). The Morgan fingerprint density at radius 1 is 1.16 bits per heavy atom. The molecule has 1 atom stereocenters. The maximum atomic E-state index is 13.3. The minimum absolute atomic E-state index is 0.246. The highest BCUT2D eigenvalue weighted by atomic mass is 19.1. The zero-order valence-electron chi connectivity index (χ0n) is 16.6. The number of hydrogen-bond donors (Lipinski definition) is 1. The quantitative estimate of drug-likeness (QED) is 0.540. The molecule has 2 aromatic heterocycles. The van der Waals surface area contributed by atoms with Crippen molar-refractivity contribution in [1.82, 2.24) is 15.5 Å². The number of nitrogens with zero attached hydrogens (tertiary/aromatic N) is 2. The van der Waals surface area contributed by atoms with Crippen LogP contribution < -0.4 is 14.8 Å². The molecule has 1 N–H and O–H groups in total. The smallest absolute Gasteiger partial charge is 0.259 e. The average Bonchev–Trinajstić information content (AvgIpc) is 3.18. The first-order valence-electron chi connectivity index (χ1n) is 9.78. The number of pyridine rings is 1. The van der Waals surface area contributed by atoms with Crippen molar-refractivity contribution in [1.29, 1.82) is 0 Å². The van der Waals surface area contributed by atoms with E-state index in [1.54, 1.807) is 25.1 Å².